The summed E-state index contributed by atoms with van der Waals surface area (Å²) in [5.41, 5.74) is 1.73. The number of rotatable bonds is 8. The van der Waals surface area contributed by atoms with Crippen molar-refractivity contribution in [3.8, 4) is 0 Å². The molecular formula is C16H21NO3S. The number of thioether (sulfide) groups is 1. The van der Waals surface area contributed by atoms with Crippen LogP contribution < -0.4 is 0 Å². The minimum atomic E-state index is -0.844. The fourth-order valence-electron chi connectivity index (χ4n) is 1.82. The highest BCUT2D eigenvalue weighted by atomic mass is 32.2. The number of nitrogens with zero attached hydrogens (tertiary/aromatic N) is 1. The molecular weight excluding hydrogens is 286 g/mol. The highest BCUT2D eigenvalue weighted by molar-refractivity contribution is 8.00. The summed E-state index contributed by atoms with van der Waals surface area (Å²) in [4.78, 5) is 25.4. The SMILES string of the molecule is C=C(C)CN(CC)C(=O)CSc1ccc(CC(=O)O)cc1. The zero-order chi connectivity index (χ0) is 15.8. The van der Waals surface area contributed by atoms with Gasteiger partial charge in [-0.2, -0.15) is 0 Å². The van der Waals surface area contributed by atoms with Crippen molar-refractivity contribution in [1.29, 1.82) is 0 Å². The van der Waals surface area contributed by atoms with Crippen LogP contribution in [0, 0.1) is 0 Å². The van der Waals surface area contributed by atoms with Crippen molar-refractivity contribution in [3.05, 3.63) is 42.0 Å². The van der Waals surface area contributed by atoms with E-state index in [1.165, 1.54) is 11.8 Å². The van der Waals surface area contributed by atoms with E-state index in [-0.39, 0.29) is 12.3 Å². The van der Waals surface area contributed by atoms with Gasteiger partial charge in [-0.05, 0) is 31.5 Å². The van der Waals surface area contributed by atoms with Gasteiger partial charge in [0.1, 0.15) is 0 Å². The van der Waals surface area contributed by atoms with Gasteiger partial charge in [-0.25, -0.2) is 0 Å². The molecule has 0 spiro atoms. The number of benzene rings is 1. The van der Waals surface area contributed by atoms with Gasteiger partial charge in [-0.3, -0.25) is 9.59 Å². The number of carbonyl (C=O) groups excluding carboxylic acids is 1. The number of aliphatic carboxylic acids is 1. The smallest absolute Gasteiger partial charge is 0.307 e. The standard InChI is InChI=1S/C16H21NO3S/c1-4-17(10-12(2)3)15(18)11-21-14-7-5-13(6-8-14)9-16(19)20/h5-8H,2,4,9-11H2,1,3H3,(H,19,20). The molecule has 0 aliphatic heterocycles. The van der Waals surface area contributed by atoms with Crippen molar-refractivity contribution in [2.24, 2.45) is 0 Å². The van der Waals surface area contributed by atoms with Gasteiger partial charge in [-0.15, -0.1) is 11.8 Å². The molecule has 0 aliphatic rings. The number of hydrogen-bond acceptors (Lipinski definition) is 3. The average Bonchev–Trinajstić information content (AvgIpc) is 2.42. The number of hydrogen-bond donors (Lipinski definition) is 1. The summed E-state index contributed by atoms with van der Waals surface area (Å²) in [6.07, 6.45) is 0.0199. The molecule has 0 saturated carbocycles. The molecule has 1 N–H and O–H groups in total. The Morgan fingerprint density at radius 2 is 1.90 bits per heavy atom. The molecule has 21 heavy (non-hydrogen) atoms. The van der Waals surface area contributed by atoms with Crippen LogP contribution in [-0.2, 0) is 16.0 Å². The van der Waals surface area contributed by atoms with Crippen LogP contribution >= 0.6 is 11.8 Å². The lowest BCUT2D eigenvalue weighted by Crippen LogP contribution is -2.33. The minimum absolute atomic E-state index is 0.0199. The second-order valence-corrected chi connectivity index (χ2v) is 5.92. The van der Waals surface area contributed by atoms with Crippen LogP contribution in [-0.4, -0.2) is 40.7 Å². The molecule has 4 nitrogen and oxygen atoms in total. The van der Waals surface area contributed by atoms with Gasteiger partial charge in [0.05, 0.1) is 12.2 Å². The molecule has 0 aliphatic carbocycles. The van der Waals surface area contributed by atoms with Gasteiger partial charge >= 0.3 is 5.97 Å². The summed E-state index contributed by atoms with van der Waals surface area (Å²) in [5, 5.41) is 8.71. The largest absolute Gasteiger partial charge is 0.481 e. The molecule has 0 heterocycles. The van der Waals surface area contributed by atoms with Gasteiger partial charge in [0.15, 0.2) is 0 Å². The zero-order valence-corrected chi connectivity index (χ0v) is 13.3. The molecule has 0 radical (unpaired) electrons. The van der Waals surface area contributed by atoms with Crippen molar-refractivity contribution in [1.82, 2.24) is 4.90 Å². The Kier molecular flexibility index (Phi) is 7.02. The average molecular weight is 307 g/mol. The first-order valence-corrected chi connectivity index (χ1v) is 7.76. The lowest BCUT2D eigenvalue weighted by molar-refractivity contribution is -0.136. The van der Waals surface area contributed by atoms with E-state index >= 15 is 0 Å². The van der Waals surface area contributed by atoms with Crippen LogP contribution in [0.2, 0.25) is 0 Å². The fraction of sp³-hybridized carbons (Fsp3) is 0.375. The Morgan fingerprint density at radius 3 is 2.38 bits per heavy atom. The van der Waals surface area contributed by atoms with Gasteiger partial charge in [-0.1, -0.05) is 24.3 Å². The molecule has 114 valence electrons. The van der Waals surface area contributed by atoms with Crippen molar-refractivity contribution in [2.45, 2.75) is 25.2 Å². The number of carboxylic acid groups (broad SMARTS) is 1. The van der Waals surface area contributed by atoms with E-state index in [4.69, 9.17) is 5.11 Å². The summed E-state index contributed by atoms with van der Waals surface area (Å²) in [5.74, 6) is -0.386. The topological polar surface area (TPSA) is 57.6 Å². The summed E-state index contributed by atoms with van der Waals surface area (Å²) in [7, 11) is 0. The van der Waals surface area contributed by atoms with Crippen molar-refractivity contribution < 1.29 is 14.7 Å². The predicted molar refractivity (Wildman–Crippen MR) is 85.6 cm³/mol. The zero-order valence-electron chi connectivity index (χ0n) is 12.5. The Balaban J connectivity index is 2.52. The molecule has 0 unspecified atom stereocenters. The summed E-state index contributed by atoms with van der Waals surface area (Å²) in [6, 6.07) is 7.27. The third-order valence-corrected chi connectivity index (χ3v) is 3.83. The lowest BCUT2D eigenvalue weighted by atomic mass is 10.2. The van der Waals surface area contributed by atoms with Crippen LogP contribution in [0.5, 0.6) is 0 Å². The van der Waals surface area contributed by atoms with E-state index in [1.807, 2.05) is 26.0 Å². The predicted octanol–water partition coefficient (Wildman–Crippen LogP) is 2.83. The monoisotopic (exact) mass is 307 g/mol. The van der Waals surface area contributed by atoms with Crippen molar-refractivity contribution >= 4 is 23.6 Å². The number of amides is 1. The molecule has 1 aromatic rings. The summed E-state index contributed by atoms with van der Waals surface area (Å²) >= 11 is 1.46. The maximum Gasteiger partial charge on any atom is 0.307 e. The molecule has 0 atom stereocenters. The van der Waals surface area contributed by atoms with Crippen molar-refractivity contribution in [2.75, 3.05) is 18.8 Å². The molecule has 1 amide bonds. The van der Waals surface area contributed by atoms with E-state index in [0.29, 0.717) is 18.8 Å². The second kappa shape index (κ2) is 8.52. The van der Waals surface area contributed by atoms with Crippen LogP contribution in [0.15, 0.2) is 41.3 Å². The minimum Gasteiger partial charge on any atom is -0.481 e. The van der Waals surface area contributed by atoms with Crippen LogP contribution in [0.1, 0.15) is 19.4 Å². The highest BCUT2D eigenvalue weighted by Crippen LogP contribution is 2.19. The summed E-state index contributed by atoms with van der Waals surface area (Å²) < 4.78 is 0. The fourth-order valence-corrected chi connectivity index (χ4v) is 2.62. The lowest BCUT2D eigenvalue weighted by Gasteiger charge is -2.20. The molecule has 0 aromatic heterocycles. The Hall–Kier alpha value is -1.75. The van der Waals surface area contributed by atoms with Crippen LogP contribution in [0.3, 0.4) is 0 Å². The first-order valence-electron chi connectivity index (χ1n) is 6.78. The summed E-state index contributed by atoms with van der Waals surface area (Å²) in [6.45, 7) is 8.95. The van der Waals surface area contributed by atoms with Gasteiger partial charge < -0.3 is 10.0 Å². The number of carboxylic acids is 1. The number of likely N-dealkylation sites (N-methyl/N-ethyl adjacent to an activating group) is 1. The Labute approximate surface area is 129 Å². The molecule has 0 bridgehead atoms. The van der Waals surface area contributed by atoms with E-state index < -0.39 is 5.97 Å². The molecule has 5 heteroatoms. The molecule has 1 aromatic carbocycles. The third kappa shape index (κ3) is 6.49. The van der Waals surface area contributed by atoms with Crippen LogP contribution in [0.25, 0.3) is 0 Å². The normalized spacial score (nSPS) is 10.2. The van der Waals surface area contributed by atoms with Gasteiger partial charge in [0.25, 0.3) is 0 Å². The quantitative estimate of drug-likeness (QED) is 0.593. The van der Waals surface area contributed by atoms with E-state index in [0.717, 1.165) is 16.0 Å². The van der Waals surface area contributed by atoms with Crippen molar-refractivity contribution in [3.63, 3.8) is 0 Å². The molecule has 0 saturated heterocycles. The van der Waals surface area contributed by atoms with Gasteiger partial charge in [0, 0.05) is 18.0 Å². The third-order valence-electron chi connectivity index (χ3n) is 2.84. The van der Waals surface area contributed by atoms with E-state index in [9.17, 15) is 9.59 Å². The maximum atomic E-state index is 12.1. The van der Waals surface area contributed by atoms with E-state index in [2.05, 4.69) is 6.58 Å². The molecule has 1 rings (SSSR count). The van der Waals surface area contributed by atoms with Crippen LogP contribution in [0.4, 0.5) is 0 Å². The number of carbonyl (C=O) groups is 2. The van der Waals surface area contributed by atoms with E-state index in [1.54, 1.807) is 17.0 Å². The first-order chi connectivity index (χ1) is 9.92. The highest BCUT2D eigenvalue weighted by Gasteiger charge is 2.12. The molecule has 0 fully saturated rings. The Bertz CT molecular complexity index is 511. The maximum absolute atomic E-state index is 12.1. The van der Waals surface area contributed by atoms with Gasteiger partial charge in [0.2, 0.25) is 5.91 Å². The second-order valence-electron chi connectivity index (χ2n) is 4.87. The Morgan fingerprint density at radius 1 is 1.29 bits per heavy atom. The first kappa shape index (κ1) is 17.3.